The fraction of sp³-hybridized carbons (Fsp3) is 0.273. The van der Waals surface area contributed by atoms with Crippen LogP contribution in [-0.2, 0) is 4.79 Å². The minimum atomic E-state index is -0.617. The van der Waals surface area contributed by atoms with Crippen LogP contribution in [0.4, 0.5) is 14.9 Å². The van der Waals surface area contributed by atoms with Gasteiger partial charge >= 0.3 is 6.03 Å². The molecule has 0 unspecified atom stereocenters. The molecule has 0 aromatic heterocycles. The highest BCUT2D eigenvalue weighted by Gasteiger charge is 2.16. The van der Waals surface area contributed by atoms with Gasteiger partial charge in [-0.1, -0.05) is 6.07 Å². The van der Waals surface area contributed by atoms with Crippen molar-refractivity contribution < 1.29 is 14.0 Å². The van der Waals surface area contributed by atoms with Crippen molar-refractivity contribution in [3.8, 4) is 0 Å². The van der Waals surface area contributed by atoms with Crippen molar-refractivity contribution in [3.63, 3.8) is 0 Å². The van der Waals surface area contributed by atoms with Crippen molar-refractivity contribution in [2.75, 3.05) is 18.4 Å². The second-order valence-electron chi connectivity index (χ2n) is 3.40. The number of urea groups is 1. The van der Waals surface area contributed by atoms with Gasteiger partial charge in [0.1, 0.15) is 5.82 Å². The van der Waals surface area contributed by atoms with E-state index in [2.05, 4.69) is 5.32 Å². The normalized spacial score (nSPS) is 9.82. The average molecular weight is 239 g/mol. The molecule has 0 radical (unpaired) electrons. The van der Waals surface area contributed by atoms with Gasteiger partial charge in [0, 0.05) is 25.7 Å². The van der Waals surface area contributed by atoms with Gasteiger partial charge in [-0.3, -0.25) is 9.69 Å². The highest BCUT2D eigenvalue weighted by Crippen LogP contribution is 2.10. The largest absolute Gasteiger partial charge is 0.329 e. The molecule has 3 N–H and O–H groups in total. The first-order chi connectivity index (χ1) is 8.04. The Hall–Kier alpha value is -1.95. The first kappa shape index (κ1) is 13.1. The Morgan fingerprint density at radius 1 is 1.47 bits per heavy atom. The lowest BCUT2D eigenvalue weighted by Crippen LogP contribution is -2.41. The number of halogens is 1. The van der Waals surface area contributed by atoms with E-state index in [-0.39, 0.29) is 13.1 Å². The van der Waals surface area contributed by atoms with Gasteiger partial charge in [0.25, 0.3) is 0 Å². The van der Waals surface area contributed by atoms with Crippen LogP contribution < -0.4 is 11.1 Å². The number of amides is 3. The molecule has 5 nitrogen and oxygen atoms in total. The van der Waals surface area contributed by atoms with Gasteiger partial charge < -0.3 is 11.1 Å². The zero-order valence-corrected chi connectivity index (χ0v) is 9.44. The van der Waals surface area contributed by atoms with Crippen LogP contribution in [0.15, 0.2) is 24.3 Å². The number of benzene rings is 1. The molecule has 0 atom stereocenters. The highest BCUT2D eigenvalue weighted by molar-refractivity contribution is 6.00. The van der Waals surface area contributed by atoms with Crippen LogP contribution >= 0.6 is 0 Å². The van der Waals surface area contributed by atoms with Crippen molar-refractivity contribution in [3.05, 3.63) is 30.1 Å². The molecule has 6 heteroatoms. The number of hydrogen-bond donors (Lipinski definition) is 2. The topological polar surface area (TPSA) is 75.4 Å². The van der Waals surface area contributed by atoms with E-state index in [4.69, 9.17) is 5.73 Å². The predicted molar refractivity (Wildman–Crippen MR) is 61.9 cm³/mol. The quantitative estimate of drug-likeness (QED) is 0.831. The average Bonchev–Trinajstić information content (AvgIpc) is 2.25. The first-order valence-electron chi connectivity index (χ1n) is 5.09. The number of nitrogens with two attached hydrogens (primary N) is 1. The standard InChI is InChI=1S/C11H14FN3O2/c1-8(16)15(6-5-13)11(17)14-10-4-2-3-9(12)7-10/h2-4,7H,5-6,13H2,1H3,(H,14,17). The number of anilines is 1. The molecule has 17 heavy (non-hydrogen) atoms. The van der Waals surface area contributed by atoms with Crippen molar-refractivity contribution in [1.82, 2.24) is 4.90 Å². The summed E-state index contributed by atoms with van der Waals surface area (Å²) in [5.74, 6) is -0.875. The molecule has 0 aliphatic carbocycles. The summed E-state index contributed by atoms with van der Waals surface area (Å²) in [6.07, 6.45) is 0. The molecule has 1 rings (SSSR count). The molecule has 0 saturated heterocycles. The fourth-order valence-corrected chi connectivity index (χ4v) is 1.29. The molecule has 0 spiro atoms. The molecular formula is C11H14FN3O2. The van der Waals surface area contributed by atoms with E-state index in [1.807, 2.05) is 0 Å². The summed E-state index contributed by atoms with van der Waals surface area (Å²) in [6.45, 7) is 1.56. The minimum absolute atomic E-state index is 0.122. The minimum Gasteiger partial charge on any atom is -0.329 e. The van der Waals surface area contributed by atoms with Crippen molar-refractivity contribution in [2.45, 2.75) is 6.92 Å². The van der Waals surface area contributed by atoms with Gasteiger partial charge in [0.2, 0.25) is 5.91 Å². The predicted octanol–water partition coefficient (Wildman–Crippen LogP) is 1.16. The fourth-order valence-electron chi connectivity index (χ4n) is 1.29. The Balaban J connectivity index is 2.73. The number of carbonyl (C=O) groups is 2. The number of rotatable bonds is 3. The van der Waals surface area contributed by atoms with Crippen molar-refractivity contribution in [1.29, 1.82) is 0 Å². The van der Waals surface area contributed by atoms with E-state index >= 15 is 0 Å². The Bertz CT molecular complexity index is 423. The number of hydrogen-bond acceptors (Lipinski definition) is 3. The summed E-state index contributed by atoms with van der Waals surface area (Å²) in [5.41, 5.74) is 5.58. The highest BCUT2D eigenvalue weighted by atomic mass is 19.1. The van der Waals surface area contributed by atoms with Crippen LogP contribution in [0.1, 0.15) is 6.92 Å². The van der Waals surface area contributed by atoms with Crippen LogP contribution in [0.5, 0.6) is 0 Å². The van der Waals surface area contributed by atoms with Crippen molar-refractivity contribution >= 4 is 17.6 Å². The van der Waals surface area contributed by atoms with E-state index in [9.17, 15) is 14.0 Å². The van der Waals surface area contributed by atoms with Crippen LogP contribution in [0.2, 0.25) is 0 Å². The molecule has 0 saturated carbocycles. The van der Waals surface area contributed by atoms with Crippen LogP contribution in [0, 0.1) is 5.82 Å². The van der Waals surface area contributed by atoms with Gasteiger partial charge in [-0.25, -0.2) is 9.18 Å². The molecule has 0 aliphatic rings. The third kappa shape index (κ3) is 3.84. The first-order valence-corrected chi connectivity index (χ1v) is 5.09. The zero-order valence-electron chi connectivity index (χ0n) is 9.44. The van der Waals surface area contributed by atoms with E-state index in [0.717, 1.165) is 4.90 Å². The third-order valence-corrected chi connectivity index (χ3v) is 2.05. The molecule has 3 amide bonds. The number of imide groups is 1. The summed E-state index contributed by atoms with van der Waals surface area (Å²) in [4.78, 5) is 23.8. The van der Waals surface area contributed by atoms with Crippen molar-refractivity contribution in [2.24, 2.45) is 5.73 Å². The number of nitrogens with zero attached hydrogens (tertiary/aromatic N) is 1. The van der Waals surface area contributed by atoms with Crippen LogP contribution in [0.3, 0.4) is 0 Å². The SMILES string of the molecule is CC(=O)N(CCN)C(=O)Nc1cccc(F)c1. The summed E-state index contributed by atoms with van der Waals surface area (Å²) >= 11 is 0. The van der Waals surface area contributed by atoms with Gasteiger partial charge in [-0.15, -0.1) is 0 Å². The monoisotopic (exact) mass is 239 g/mol. The molecule has 0 fully saturated rings. The molecule has 0 bridgehead atoms. The van der Waals surface area contributed by atoms with Gasteiger partial charge in [-0.2, -0.15) is 0 Å². The lowest BCUT2D eigenvalue weighted by atomic mass is 10.3. The second kappa shape index (κ2) is 5.95. The van der Waals surface area contributed by atoms with Gasteiger partial charge in [0.05, 0.1) is 0 Å². The zero-order chi connectivity index (χ0) is 12.8. The summed E-state index contributed by atoms with van der Waals surface area (Å²) in [6, 6.07) is 4.80. The molecule has 1 aromatic carbocycles. The van der Waals surface area contributed by atoms with E-state index in [1.54, 1.807) is 0 Å². The summed E-state index contributed by atoms with van der Waals surface area (Å²) in [7, 11) is 0. The smallest absolute Gasteiger partial charge is 0.328 e. The maximum atomic E-state index is 12.9. The van der Waals surface area contributed by atoms with E-state index < -0.39 is 17.8 Å². The molecule has 0 heterocycles. The van der Waals surface area contributed by atoms with E-state index in [0.29, 0.717) is 5.69 Å². The Morgan fingerprint density at radius 3 is 2.71 bits per heavy atom. The van der Waals surface area contributed by atoms with Gasteiger partial charge in [-0.05, 0) is 18.2 Å². The maximum Gasteiger partial charge on any atom is 0.328 e. The van der Waals surface area contributed by atoms with Crippen LogP contribution in [0.25, 0.3) is 0 Å². The second-order valence-corrected chi connectivity index (χ2v) is 3.40. The summed E-state index contributed by atoms with van der Waals surface area (Å²) < 4.78 is 12.9. The Kier molecular flexibility index (Phi) is 4.59. The number of nitrogens with one attached hydrogen (secondary N) is 1. The molecule has 0 aliphatic heterocycles. The summed E-state index contributed by atoms with van der Waals surface area (Å²) in [5, 5.41) is 2.42. The maximum absolute atomic E-state index is 12.9. The number of carbonyl (C=O) groups excluding carboxylic acids is 2. The Morgan fingerprint density at radius 2 is 2.18 bits per heavy atom. The Labute approximate surface area is 98.4 Å². The molecule has 1 aromatic rings. The van der Waals surface area contributed by atoms with Gasteiger partial charge in [0.15, 0.2) is 0 Å². The lowest BCUT2D eigenvalue weighted by Gasteiger charge is -2.18. The lowest BCUT2D eigenvalue weighted by molar-refractivity contribution is -0.125. The third-order valence-electron chi connectivity index (χ3n) is 2.05. The molecule has 92 valence electrons. The van der Waals surface area contributed by atoms with Crippen LogP contribution in [-0.4, -0.2) is 29.9 Å². The van der Waals surface area contributed by atoms with E-state index in [1.165, 1.54) is 31.2 Å². The molecular weight excluding hydrogens is 225 g/mol.